The Morgan fingerprint density at radius 2 is 1.78 bits per heavy atom. The molecule has 0 saturated carbocycles. The van der Waals surface area contributed by atoms with Gasteiger partial charge in [0.2, 0.25) is 0 Å². The van der Waals surface area contributed by atoms with Gasteiger partial charge in [0, 0.05) is 27.9 Å². The Hall–Kier alpha value is -2.04. The number of imidazole rings is 1. The van der Waals surface area contributed by atoms with E-state index in [0.717, 1.165) is 11.5 Å². The molecule has 2 aliphatic heterocycles. The first kappa shape index (κ1) is 17.1. The number of hydrogen-bond acceptors (Lipinski definition) is 3. The van der Waals surface area contributed by atoms with Crippen LogP contribution in [0.2, 0.25) is 0 Å². The Morgan fingerprint density at radius 3 is 2.48 bits per heavy atom. The molecule has 3 atom stereocenters. The topological polar surface area (TPSA) is 27.1 Å². The maximum absolute atomic E-state index is 6.01. The third kappa shape index (κ3) is 3.56. The number of benzene rings is 2. The van der Waals surface area contributed by atoms with Crippen LogP contribution in [0, 0.1) is 6.92 Å². The molecule has 1 unspecified atom stereocenters. The van der Waals surface area contributed by atoms with E-state index < -0.39 is 0 Å². The highest BCUT2D eigenvalue weighted by molar-refractivity contribution is 7.99. The highest BCUT2D eigenvalue weighted by Crippen LogP contribution is 2.42. The quantitative estimate of drug-likeness (QED) is 0.579. The van der Waals surface area contributed by atoms with Crippen molar-refractivity contribution in [2.45, 2.75) is 60.5 Å². The van der Waals surface area contributed by atoms with E-state index in [1.54, 1.807) is 0 Å². The molecular weight excluding hydrogens is 352 g/mol. The molecule has 2 aliphatic rings. The lowest BCUT2D eigenvalue weighted by Gasteiger charge is -2.28. The molecule has 3 nitrogen and oxygen atoms in total. The van der Waals surface area contributed by atoms with Gasteiger partial charge in [-0.3, -0.25) is 0 Å². The normalized spacial score (nSPS) is 24.3. The van der Waals surface area contributed by atoms with Gasteiger partial charge in [-0.2, -0.15) is 0 Å². The van der Waals surface area contributed by atoms with Crippen molar-refractivity contribution in [3.8, 4) is 5.69 Å². The molecule has 2 fully saturated rings. The van der Waals surface area contributed by atoms with E-state index in [4.69, 9.17) is 4.74 Å². The van der Waals surface area contributed by atoms with Crippen LogP contribution in [0.15, 0.2) is 70.7 Å². The van der Waals surface area contributed by atoms with Gasteiger partial charge in [0.05, 0.1) is 12.2 Å². The number of nitrogens with zero attached hydrogens (tertiary/aromatic N) is 2. The van der Waals surface area contributed by atoms with Crippen molar-refractivity contribution >= 4 is 11.8 Å². The Labute approximate surface area is 164 Å². The van der Waals surface area contributed by atoms with Gasteiger partial charge in [-0.1, -0.05) is 23.9 Å². The summed E-state index contributed by atoms with van der Waals surface area (Å²) < 4.78 is 8.12. The Morgan fingerprint density at radius 1 is 1.00 bits per heavy atom. The van der Waals surface area contributed by atoms with Gasteiger partial charge < -0.3 is 9.30 Å². The summed E-state index contributed by atoms with van der Waals surface area (Å²) in [6, 6.07) is 17.8. The standard InChI is InChI=1S/C23H24N2OS/c1-16-24-11-12-25(16)19-5-9-22(10-6-19)27-23-4-2-3-17(15-23)18-13-20-7-8-21(14-18)26-20/h2-6,9-12,15,18,20-21H,7-8,13-14H2,1H3/t18?,20-,21+. The largest absolute Gasteiger partial charge is 0.375 e. The molecule has 2 aromatic carbocycles. The zero-order valence-corrected chi connectivity index (χ0v) is 16.4. The summed E-state index contributed by atoms with van der Waals surface area (Å²) in [5.41, 5.74) is 2.63. The van der Waals surface area contributed by atoms with Crippen LogP contribution in [0.25, 0.3) is 5.69 Å². The zero-order chi connectivity index (χ0) is 18.2. The first-order valence-corrected chi connectivity index (χ1v) is 10.6. The van der Waals surface area contributed by atoms with E-state index in [2.05, 4.69) is 58.1 Å². The highest BCUT2D eigenvalue weighted by Gasteiger charge is 2.35. The van der Waals surface area contributed by atoms with E-state index in [9.17, 15) is 0 Å². The molecule has 0 radical (unpaired) electrons. The minimum Gasteiger partial charge on any atom is -0.375 e. The fourth-order valence-electron chi connectivity index (χ4n) is 4.42. The van der Waals surface area contributed by atoms with E-state index in [1.165, 1.54) is 41.0 Å². The number of ether oxygens (including phenoxy) is 1. The van der Waals surface area contributed by atoms with Gasteiger partial charge in [0.1, 0.15) is 5.82 Å². The maximum Gasteiger partial charge on any atom is 0.110 e. The molecule has 27 heavy (non-hydrogen) atoms. The van der Waals surface area contributed by atoms with Crippen molar-refractivity contribution in [3.63, 3.8) is 0 Å². The summed E-state index contributed by atoms with van der Waals surface area (Å²) in [6.07, 6.45) is 9.69. The van der Waals surface area contributed by atoms with Crippen LogP contribution in [0.1, 0.15) is 43.0 Å². The molecule has 3 heterocycles. The summed E-state index contributed by atoms with van der Waals surface area (Å²) in [4.78, 5) is 6.88. The van der Waals surface area contributed by atoms with E-state index >= 15 is 0 Å². The van der Waals surface area contributed by atoms with Crippen LogP contribution in [-0.2, 0) is 4.74 Å². The summed E-state index contributed by atoms with van der Waals surface area (Å²) in [5, 5.41) is 0. The molecule has 1 aromatic heterocycles. The first-order chi connectivity index (χ1) is 13.2. The van der Waals surface area contributed by atoms with Gasteiger partial charge in [0.15, 0.2) is 0 Å². The van der Waals surface area contributed by atoms with Crippen molar-refractivity contribution in [1.82, 2.24) is 9.55 Å². The van der Waals surface area contributed by atoms with E-state index in [0.29, 0.717) is 18.1 Å². The van der Waals surface area contributed by atoms with Crippen molar-refractivity contribution in [2.24, 2.45) is 0 Å². The first-order valence-electron chi connectivity index (χ1n) is 9.78. The molecular formula is C23H24N2OS. The van der Waals surface area contributed by atoms with Crippen LogP contribution in [0.3, 0.4) is 0 Å². The van der Waals surface area contributed by atoms with Gasteiger partial charge in [-0.25, -0.2) is 4.98 Å². The molecule has 2 bridgehead atoms. The Balaban J connectivity index is 1.32. The summed E-state index contributed by atoms with van der Waals surface area (Å²) in [5.74, 6) is 1.66. The SMILES string of the molecule is Cc1nccn1-c1ccc(Sc2cccc(C3C[C@H]4CC[C@@H](C3)O4)c2)cc1. The number of rotatable bonds is 4. The number of hydrogen-bond donors (Lipinski definition) is 0. The highest BCUT2D eigenvalue weighted by atomic mass is 32.2. The second kappa shape index (κ2) is 7.17. The van der Waals surface area contributed by atoms with Crippen molar-refractivity contribution in [1.29, 1.82) is 0 Å². The Kier molecular flexibility index (Phi) is 4.54. The van der Waals surface area contributed by atoms with Crippen LogP contribution in [-0.4, -0.2) is 21.8 Å². The molecule has 138 valence electrons. The van der Waals surface area contributed by atoms with Crippen molar-refractivity contribution in [3.05, 3.63) is 72.3 Å². The number of fused-ring (bicyclic) bond motifs is 2. The average Bonchev–Trinajstić information content (AvgIpc) is 3.27. The van der Waals surface area contributed by atoms with Gasteiger partial charge in [-0.15, -0.1) is 0 Å². The maximum atomic E-state index is 6.01. The monoisotopic (exact) mass is 376 g/mol. The molecule has 2 saturated heterocycles. The van der Waals surface area contributed by atoms with Crippen molar-refractivity contribution < 1.29 is 4.74 Å². The second-order valence-electron chi connectivity index (χ2n) is 7.64. The predicted octanol–water partition coefficient (Wildman–Crippen LogP) is 5.76. The Bertz CT molecular complexity index is 922. The third-order valence-electron chi connectivity index (χ3n) is 5.80. The van der Waals surface area contributed by atoms with Crippen LogP contribution in [0.4, 0.5) is 0 Å². The van der Waals surface area contributed by atoms with Crippen molar-refractivity contribution in [2.75, 3.05) is 0 Å². The lowest BCUT2D eigenvalue weighted by atomic mass is 9.88. The zero-order valence-electron chi connectivity index (χ0n) is 15.5. The lowest BCUT2D eigenvalue weighted by molar-refractivity contribution is -0.00382. The molecule has 0 N–H and O–H groups in total. The number of aromatic nitrogens is 2. The molecule has 0 aliphatic carbocycles. The van der Waals surface area contributed by atoms with Gasteiger partial charge in [0.25, 0.3) is 0 Å². The summed E-state index contributed by atoms with van der Waals surface area (Å²) >= 11 is 1.84. The fraction of sp³-hybridized carbons (Fsp3) is 0.348. The van der Waals surface area contributed by atoms with Crippen LogP contribution >= 0.6 is 11.8 Å². The minimum absolute atomic E-state index is 0.490. The molecule has 3 aromatic rings. The van der Waals surface area contributed by atoms with Crippen LogP contribution in [0.5, 0.6) is 0 Å². The summed E-state index contributed by atoms with van der Waals surface area (Å²) in [6.45, 7) is 2.02. The third-order valence-corrected chi connectivity index (χ3v) is 6.79. The molecule has 4 heteroatoms. The number of aryl methyl sites for hydroxylation is 1. The molecule has 5 rings (SSSR count). The fourth-order valence-corrected chi connectivity index (χ4v) is 5.31. The molecule has 0 amide bonds. The van der Waals surface area contributed by atoms with Crippen LogP contribution < -0.4 is 0 Å². The van der Waals surface area contributed by atoms with Gasteiger partial charge in [-0.05, 0) is 80.5 Å². The van der Waals surface area contributed by atoms with E-state index in [-0.39, 0.29) is 0 Å². The average molecular weight is 377 g/mol. The smallest absolute Gasteiger partial charge is 0.110 e. The predicted molar refractivity (Wildman–Crippen MR) is 109 cm³/mol. The lowest BCUT2D eigenvalue weighted by Crippen LogP contribution is -2.23. The van der Waals surface area contributed by atoms with Gasteiger partial charge >= 0.3 is 0 Å². The summed E-state index contributed by atoms with van der Waals surface area (Å²) in [7, 11) is 0. The van der Waals surface area contributed by atoms with E-state index in [1.807, 2.05) is 31.1 Å². The second-order valence-corrected chi connectivity index (χ2v) is 8.79. The molecule has 0 spiro atoms. The minimum atomic E-state index is 0.490.